The first-order valence-corrected chi connectivity index (χ1v) is 9.22. The van der Waals surface area contributed by atoms with Crippen LogP contribution < -0.4 is 11.2 Å². The second-order valence-electron chi connectivity index (χ2n) is 7.50. The number of H-pyrrole nitrogens is 2. The summed E-state index contributed by atoms with van der Waals surface area (Å²) in [7, 11) is 0. The number of amides is 1. The van der Waals surface area contributed by atoms with Crippen molar-refractivity contribution in [1.29, 1.82) is 0 Å². The lowest BCUT2D eigenvalue weighted by Crippen LogP contribution is -2.37. The van der Waals surface area contributed by atoms with Crippen LogP contribution in [-0.2, 0) is 0 Å². The SMILES string of the molecule is CC(C)c1nc2ccc(C(=O)N3C[C@@H](O)[C@H](n4cc(F)c(=O)[nH]c4=O)C3)cc2[nH]1. The number of aromatic amines is 2. The molecule has 0 bridgehead atoms. The number of carbonyl (C=O) groups is 1. The van der Waals surface area contributed by atoms with E-state index >= 15 is 0 Å². The molecule has 152 valence electrons. The zero-order chi connectivity index (χ0) is 20.9. The molecule has 4 rings (SSSR count). The van der Waals surface area contributed by atoms with Gasteiger partial charge in [0.15, 0.2) is 0 Å². The highest BCUT2D eigenvalue weighted by atomic mass is 19.1. The van der Waals surface area contributed by atoms with E-state index in [4.69, 9.17) is 0 Å². The summed E-state index contributed by atoms with van der Waals surface area (Å²) in [6, 6.07) is 4.24. The van der Waals surface area contributed by atoms with Gasteiger partial charge in [-0.15, -0.1) is 0 Å². The van der Waals surface area contributed by atoms with Gasteiger partial charge in [0, 0.05) is 24.6 Å². The number of benzene rings is 1. The zero-order valence-electron chi connectivity index (χ0n) is 15.8. The molecule has 0 spiro atoms. The van der Waals surface area contributed by atoms with Crippen molar-refractivity contribution in [2.24, 2.45) is 0 Å². The van der Waals surface area contributed by atoms with Crippen LogP contribution in [0.15, 0.2) is 34.0 Å². The third-order valence-electron chi connectivity index (χ3n) is 5.12. The molecule has 1 saturated heterocycles. The first-order chi connectivity index (χ1) is 13.7. The van der Waals surface area contributed by atoms with Gasteiger partial charge in [0.2, 0.25) is 5.82 Å². The van der Waals surface area contributed by atoms with E-state index in [0.717, 1.165) is 27.6 Å². The highest BCUT2D eigenvalue weighted by Gasteiger charge is 2.36. The molecule has 1 aliphatic rings. The molecule has 3 aromatic rings. The second kappa shape index (κ2) is 6.96. The molecular formula is C19H20FN5O4. The number of nitrogens with one attached hydrogen (secondary N) is 2. The molecule has 9 nitrogen and oxygen atoms in total. The number of nitrogens with zero attached hydrogens (tertiary/aromatic N) is 3. The molecule has 0 saturated carbocycles. The van der Waals surface area contributed by atoms with Gasteiger partial charge in [-0.1, -0.05) is 13.8 Å². The predicted molar refractivity (Wildman–Crippen MR) is 102 cm³/mol. The van der Waals surface area contributed by atoms with E-state index < -0.39 is 29.2 Å². The molecule has 3 N–H and O–H groups in total. The molecule has 1 aromatic carbocycles. The van der Waals surface area contributed by atoms with Gasteiger partial charge in [-0.2, -0.15) is 4.39 Å². The number of aliphatic hydroxyl groups excluding tert-OH is 1. The van der Waals surface area contributed by atoms with Crippen LogP contribution >= 0.6 is 0 Å². The van der Waals surface area contributed by atoms with Crippen LogP contribution in [-0.4, -0.2) is 54.6 Å². The lowest BCUT2D eigenvalue weighted by molar-refractivity contribution is 0.0765. The summed E-state index contributed by atoms with van der Waals surface area (Å²) in [6.07, 6.45) is -0.321. The van der Waals surface area contributed by atoms with E-state index in [1.54, 1.807) is 18.2 Å². The van der Waals surface area contributed by atoms with Crippen LogP contribution in [0.1, 0.15) is 42.0 Å². The summed E-state index contributed by atoms with van der Waals surface area (Å²) in [4.78, 5) is 47.1. The van der Waals surface area contributed by atoms with Crippen LogP contribution in [0.4, 0.5) is 4.39 Å². The number of hydrogen-bond donors (Lipinski definition) is 3. The molecule has 29 heavy (non-hydrogen) atoms. The van der Waals surface area contributed by atoms with Crippen LogP contribution in [0.5, 0.6) is 0 Å². The number of imidazole rings is 1. The average molecular weight is 401 g/mol. The van der Waals surface area contributed by atoms with Gasteiger partial charge in [-0.05, 0) is 18.2 Å². The Kier molecular flexibility index (Phi) is 4.58. The van der Waals surface area contributed by atoms with E-state index in [-0.39, 0.29) is 24.9 Å². The Balaban J connectivity index is 1.60. The Hall–Kier alpha value is -3.27. The van der Waals surface area contributed by atoms with Crippen molar-refractivity contribution >= 4 is 16.9 Å². The number of β-amino-alcohol motifs (C(OH)–C–C–N with tert-alkyl or cyclic N) is 1. The minimum Gasteiger partial charge on any atom is -0.389 e. The Labute approximate surface area is 163 Å². The van der Waals surface area contributed by atoms with Crippen molar-refractivity contribution < 1.29 is 14.3 Å². The van der Waals surface area contributed by atoms with Gasteiger partial charge in [0.1, 0.15) is 5.82 Å². The Morgan fingerprint density at radius 2 is 2.03 bits per heavy atom. The van der Waals surface area contributed by atoms with Gasteiger partial charge >= 0.3 is 5.69 Å². The minimum absolute atomic E-state index is 0.00362. The van der Waals surface area contributed by atoms with E-state index in [0.29, 0.717) is 5.56 Å². The third-order valence-corrected chi connectivity index (χ3v) is 5.12. The van der Waals surface area contributed by atoms with Crippen molar-refractivity contribution in [2.75, 3.05) is 13.1 Å². The van der Waals surface area contributed by atoms with E-state index in [1.165, 1.54) is 4.90 Å². The van der Waals surface area contributed by atoms with Crippen molar-refractivity contribution in [2.45, 2.75) is 31.9 Å². The van der Waals surface area contributed by atoms with Crippen LogP contribution in [0, 0.1) is 5.82 Å². The van der Waals surface area contributed by atoms with Gasteiger partial charge in [-0.3, -0.25) is 19.1 Å². The van der Waals surface area contributed by atoms with Crippen LogP contribution in [0.3, 0.4) is 0 Å². The zero-order valence-corrected chi connectivity index (χ0v) is 15.8. The number of rotatable bonds is 3. The topological polar surface area (TPSA) is 124 Å². The molecule has 0 aliphatic carbocycles. The summed E-state index contributed by atoms with van der Waals surface area (Å²) < 4.78 is 14.5. The smallest absolute Gasteiger partial charge is 0.328 e. The largest absolute Gasteiger partial charge is 0.389 e. The normalized spacial score (nSPS) is 19.4. The number of hydrogen-bond acceptors (Lipinski definition) is 5. The van der Waals surface area contributed by atoms with Crippen molar-refractivity contribution in [1.82, 2.24) is 24.4 Å². The van der Waals surface area contributed by atoms with Crippen molar-refractivity contribution in [3.8, 4) is 0 Å². The molecular weight excluding hydrogens is 381 g/mol. The Morgan fingerprint density at radius 1 is 1.28 bits per heavy atom. The van der Waals surface area contributed by atoms with E-state index in [9.17, 15) is 23.9 Å². The lowest BCUT2D eigenvalue weighted by atomic mass is 10.2. The minimum atomic E-state index is -1.13. The Bertz CT molecular complexity index is 1210. The molecule has 10 heteroatoms. The first kappa shape index (κ1) is 19.1. The number of carbonyl (C=O) groups excluding carboxylic acids is 1. The molecule has 3 heterocycles. The molecule has 0 radical (unpaired) electrons. The second-order valence-corrected chi connectivity index (χ2v) is 7.50. The van der Waals surface area contributed by atoms with Crippen molar-refractivity contribution in [3.05, 3.63) is 62.4 Å². The van der Waals surface area contributed by atoms with Crippen molar-refractivity contribution in [3.63, 3.8) is 0 Å². The monoisotopic (exact) mass is 401 g/mol. The molecule has 2 aromatic heterocycles. The highest BCUT2D eigenvalue weighted by molar-refractivity contribution is 5.97. The third kappa shape index (κ3) is 3.35. The van der Waals surface area contributed by atoms with Crippen LogP contribution in [0.25, 0.3) is 11.0 Å². The molecule has 1 amide bonds. The fourth-order valence-electron chi connectivity index (χ4n) is 3.53. The quantitative estimate of drug-likeness (QED) is 0.597. The average Bonchev–Trinajstić information content (AvgIpc) is 3.27. The van der Waals surface area contributed by atoms with Gasteiger partial charge in [0.05, 0.1) is 29.4 Å². The van der Waals surface area contributed by atoms with Gasteiger partial charge in [0.25, 0.3) is 11.5 Å². The fraction of sp³-hybridized carbons (Fsp3) is 0.368. The molecule has 2 atom stereocenters. The number of aliphatic hydroxyl groups is 1. The van der Waals surface area contributed by atoms with E-state index in [2.05, 4.69) is 9.97 Å². The molecule has 1 aliphatic heterocycles. The first-order valence-electron chi connectivity index (χ1n) is 9.22. The van der Waals surface area contributed by atoms with Crippen LogP contribution in [0.2, 0.25) is 0 Å². The number of aromatic nitrogens is 4. The molecule has 0 unspecified atom stereocenters. The highest BCUT2D eigenvalue weighted by Crippen LogP contribution is 2.24. The maximum absolute atomic E-state index is 13.6. The Morgan fingerprint density at radius 3 is 2.76 bits per heavy atom. The number of halogens is 1. The van der Waals surface area contributed by atoms with E-state index in [1.807, 2.05) is 18.8 Å². The summed E-state index contributed by atoms with van der Waals surface area (Å²) in [6.45, 7) is 4.01. The fourth-order valence-corrected chi connectivity index (χ4v) is 3.53. The predicted octanol–water partition coefficient (Wildman–Crippen LogP) is 0.733. The molecule has 1 fully saturated rings. The summed E-state index contributed by atoms with van der Waals surface area (Å²) in [5, 5.41) is 10.3. The lowest BCUT2D eigenvalue weighted by Gasteiger charge is -2.17. The standard InChI is InChI=1S/C19H20FN5O4/c1-9(2)16-21-12-4-3-10(5-13(12)22-16)18(28)24-7-14(15(26)8-24)25-6-11(20)17(27)23-19(25)29/h3-6,9,14-15,26H,7-8H2,1-2H3,(H,21,22)(H,23,27,29)/t14-,15-/m1/s1. The summed E-state index contributed by atoms with van der Waals surface area (Å²) in [5.74, 6) is -0.424. The number of likely N-dealkylation sites (tertiary alicyclic amines) is 1. The number of fused-ring (bicyclic) bond motifs is 1. The van der Waals surface area contributed by atoms with Gasteiger partial charge in [-0.25, -0.2) is 9.78 Å². The summed E-state index contributed by atoms with van der Waals surface area (Å²) >= 11 is 0. The summed E-state index contributed by atoms with van der Waals surface area (Å²) in [5.41, 5.74) is -0.0749. The van der Waals surface area contributed by atoms with Gasteiger partial charge < -0.3 is 15.0 Å². The maximum atomic E-state index is 13.6. The maximum Gasteiger partial charge on any atom is 0.328 e.